The van der Waals surface area contributed by atoms with E-state index >= 15 is 0 Å². The molecule has 0 aromatic carbocycles. The Morgan fingerprint density at radius 3 is 1.76 bits per heavy atom. The predicted octanol–water partition coefficient (Wildman–Crippen LogP) is 6.55. The summed E-state index contributed by atoms with van der Waals surface area (Å²) in [7, 11) is 0. The highest BCUT2D eigenvalue weighted by Gasteiger charge is 2.04. The van der Waals surface area contributed by atoms with E-state index in [1.54, 1.807) is 0 Å². The van der Waals surface area contributed by atoms with Gasteiger partial charge in [-0.05, 0) is 5.92 Å². The van der Waals surface area contributed by atoms with Gasteiger partial charge in [0.25, 0.3) is 0 Å². The molecule has 1 unspecified atom stereocenters. The fourth-order valence-electron chi connectivity index (χ4n) is 2.55. The highest BCUT2D eigenvalue weighted by atomic mass is 14.1. The molecule has 0 spiro atoms. The minimum Gasteiger partial charge on any atom is -0.0654 e. The van der Waals surface area contributed by atoms with E-state index in [2.05, 4.69) is 20.8 Å². The number of hydrogen-bond donors (Lipinski definition) is 0. The van der Waals surface area contributed by atoms with Gasteiger partial charge < -0.3 is 0 Å². The van der Waals surface area contributed by atoms with Crippen LogP contribution in [0.5, 0.6) is 0 Å². The maximum Gasteiger partial charge on any atom is -0.0417 e. The lowest BCUT2D eigenvalue weighted by atomic mass is 9.93. The summed E-state index contributed by atoms with van der Waals surface area (Å²) in [5.41, 5.74) is 0. The molecule has 0 nitrogen and oxygen atoms in total. The van der Waals surface area contributed by atoms with Gasteiger partial charge in [0.1, 0.15) is 0 Å². The van der Waals surface area contributed by atoms with Crippen LogP contribution in [0, 0.1) is 12.8 Å². The van der Waals surface area contributed by atoms with Gasteiger partial charge in [0.05, 0.1) is 0 Å². The summed E-state index contributed by atoms with van der Waals surface area (Å²) in [6.07, 6.45) is 18.3. The summed E-state index contributed by atoms with van der Waals surface area (Å²) in [5.74, 6) is 0.983. The van der Waals surface area contributed by atoms with Crippen LogP contribution in [-0.2, 0) is 0 Å². The van der Waals surface area contributed by atoms with Crippen molar-refractivity contribution in [3.8, 4) is 0 Å². The molecule has 0 aromatic heterocycles. The summed E-state index contributed by atoms with van der Waals surface area (Å²) in [6.45, 7) is 8.57. The highest BCUT2D eigenvalue weighted by molar-refractivity contribution is 4.59. The van der Waals surface area contributed by atoms with Crippen molar-refractivity contribution in [2.24, 2.45) is 5.92 Å². The molecule has 0 fully saturated rings. The lowest BCUT2D eigenvalue weighted by Crippen LogP contribution is -1.98. The number of rotatable bonds is 13. The van der Waals surface area contributed by atoms with Gasteiger partial charge in [-0.2, -0.15) is 0 Å². The summed E-state index contributed by atoms with van der Waals surface area (Å²) in [4.78, 5) is 0. The van der Waals surface area contributed by atoms with Crippen molar-refractivity contribution in [1.29, 1.82) is 0 Å². The fourth-order valence-corrected chi connectivity index (χ4v) is 2.55. The SMILES string of the molecule is [CH2]CCCC(CC)CCCCCCCCCC. The van der Waals surface area contributed by atoms with Crippen molar-refractivity contribution in [2.75, 3.05) is 0 Å². The van der Waals surface area contributed by atoms with Crippen LogP contribution in [0.3, 0.4) is 0 Å². The summed E-state index contributed by atoms with van der Waals surface area (Å²) < 4.78 is 0. The van der Waals surface area contributed by atoms with Gasteiger partial charge >= 0.3 is 0 Å². The van der Waals surface area contributed by atoms with Crippen LogP contribution in [0.1, 0.15) is 97.3 Å². The monoisotopic (exact) mass is 239 g/mol. The third-order valence-corrected chi connectivity index (χ3v) is 3.91. The Hall–Kier alpha value is 0. The maximum atomic E-state index is 3.94. The molecule has 0 aliphatic heterocycles. The van der Waals surface area contributed by atoms with Crippen LogP contribution in [0.15, 0.2) is 0 Å². The summed E-state index contributed by atoms with van der Waals surface area (Å²) in [5, 5.41) is 0. The first-order valence-corrected chi connectivity index (χ1v) is 8.14. The zero-order chi connectivity index (χ0) is 12.8. The lowest BCUT2D eigenvalue weighted by molar-refractivity contribution is 0.402. The molecule has 0 aliphatic rings. The molecular weight excluding hydrogens is 204 g/mol. The average molecular weight is 239 g/mol. The molecule has 17 heavy (non-hydrogen) atoms. The Kier molecular flexibility index (Phi) is 14.1. The zero-order valence-electron chi connectivity index (χ0n) is 12.5. The Balaban J connectivity index is 3.19. The molecule has 0 aliphatic carbocycles. The first-order valence-electron chi connectivity index (χ1n) is 8.14. The van der Waals surface area contributed by atoms with E-state index in [-0.39, 0.29) is 0 Å². The summed E-state index contributed by atoms with van der Waals surface area (Å²) >= 11 is 0. The molecule has 0 saturated carbocycles. The minimum absolute atomic E-state index is 0.983. The molecule has 0 saturated heterocycles. The standard InChI is InChI=1S/C17H35/c1-4-7-9-10-11-12-13-14-16-17(6-3)15-8-5-2/h17H,2,4-16H2,1,3H3. The van der Waals surface area contributed by atoms with Crippen molar-refractivity contribution in [3.05, 3.63) is 6.92 Å². The smallest absolute Gasteiger partial charge is 0.0417 e. The molecular formula is C17H35. The van der Waals surface area contributed by atoms with Gasteiger partial charge in [0.15, 0.2) is 0 Å². The Bertz CT molecular complexity index is 128. The third-order valence-electron chi connectivity index (χ3n) is 3.91. The third kappa shape index (κ3) is 12.2. The normalized spacial score (nSPS) is 12.9. The Labute approximate surface area is 111 Å². The van der Waals surface area contributed by atoms with Crippen LogP contribution in [-0.4, -0.2) is 0 Å². The topological polar surface area (TPSA) is 0 Å². The van der Waals surface area contributed by atoms with Crippen molar-refractivity contribution in [2.45, 2.75) is 97.3 Å². The van der Waals surface area contributed by atoms with Gasteiger partial charge in [0.2, 0.25) is 0 Å². The Morgan fingerprint density at radius 1 is 0.706 bits per heavy atom. The first-order chi connectivity index (χ1) is 8.35. The van der Waals surface area contributed by atoms with Gasteiger partial charge in [-0.3, -0.25) is 0 Å². The first kappa shape index (κ1) is 17.0. The van der Waals surface area contributed by atoms with Crippen molar-refractivity contribution in [3.63, 3.8) is 0 Å². The second kappa shape index (κ2) is 14.1. The van der Waals surface area contributed by atoms with Gasteiger partial charge in [-0.25, -0.2) is 0 Å². The van der Waals surface area contributed by atoms with Crippen LogP contribution >= 0.6 is 0 Å². The number of hydrogen-bond acceptors (Lipinski definition) is 0. The molecule has 0 aromatic rings. The number of unbranched alkanes of at least 4 members (excludes halogenated alkanes) is 8. The maximum absolute atomic E-state index is 3.94. The van der Waals surface area contributed by atoms with E-state index in [9.17, 15) is 0 Å². The van der Waals surface area contributed by atoms with Gasteiger partial charge in [0, 0.05) is 0 Å². The molecule has 0 amide bonds. The summed E-state index contributed by atoms with van der Waals surface area (Å²) in [6, 6.07) is 0. The molecule has 0 N–H and O–H groups in total. The second-order valence-corrected chi connectivity index (χ2v) is 5.53. The van der Waals surface area contributed by atoms with Crippen LogP contribution in [0.2, 0.25) is 0 Å². The van der Waals surface area contributed by atoms with E-state index in [0.29, 0.717) is 0 Å². The largest absolute Gasteiger partial charge is 0.0654 e. The molecule has 0 bridgehead atoms. The van der Waals surface area contributed by atoms with Gasteiger partial charge in [-0.15, -0.1) is 0 Å². The van der Waals surface area contributed by atoms with E-state index < -0.39 is 0 Å². The van der Waals surface area contributed by atoms with Crippen molar-refractivity contribution in [1.82, 2.24) is 0 Å². The lowest BCUT2D eigenvalue weighted by Gasteiger charge is -2.13. The van der Waals surface area contributed by atoms with Gasteiger partial charge in [-0.1, -0.05) is 104 Å². The van der Waals surface area contributed by atoms with Crippen LogP contribution < -0.4 is 0 Å². The predicted molar refractivity (Wildman–Crippen MR) is 80.2 cm³/mol. The molecule has 1 atom stereocenters. The molecule has 0 heteroatoms. The van der Waals surface area contributed by atoms with E-state index in [0.717, 1.165) is 12.3 Å². The molecule has 0 rings (SSSR count). The molecule has 0 heterocycles. The average Bonchev–Trinajstić information content (AvgIpc) is 2.36. The minimum atomic E-state index is 0.983. The fraction of sp³-hybridized carbons (Fsp3) is 0.941. The van der Waals surface area contributed by atoms with Crippen LogP contribution in [0.4, 0.5) is 0 Å². The highest BCUT2D eigenvalue weighted by Crippen LogP contribution is 2.20. The Morgan fingerprint density at radius 2 is 1.24 bits per heavy atom. The van der Waals surface area contributed by atoms with E-state index in [1.165, 1.54) is 77.0 Å². The second-order valence-electron chi connectivity index (χ2n) is 5.53. The zero-order valence-corrected chi connectivity index (χ0v) is 12.5. The molecule has 103 valence electrons. The van der Waals surface area contributed by atoms with Crippen molar-refractivity contribution < 1.29 is 0 Å². The van der Waals surface area contributed by atoms with E-state index in [4.69, 9.17) is 0 Å². The molecule has 1 radical (unpaired) electrons. The van der Waals surface area contributed by atoms with Crippen molar-refractivity contribution >= 4 is 0 Å². The van der Waals surface area contributed by atoms with E-state index in [1.807, 2.05) is 0 Å². The van der Waals surface area contributed by atoms with Crippen LogP contribution in [0.25, 0.3) is 0 Å². The quantitative estimate of drug-likeness (QED) is 0.320.